The Morgan fingerprint density at radius 1 is 1.11 bits per heavy atom. The fraction of sp³-hybridized carbons (Fsp3) is 0.368. The molecule has 1 aliphatic heterocycles. The van der Waals surface area contributed by atoms with Gasteiger partial charge in [0.25, 0.3) is 0 Å². The predicted molar refractivity (Wildman–Crippen MR) is 117 cm³/mol. The number of carbonyl (C=O) groups is 1. The van der Waals surface area contributed by atoms with Crippen molar-refractivity contribution in [3.05, 3.63) is 45.6 Å². The predicted octanol–water partition coefficient (Wildman–Crippen LogP) is 5.02. The van der Waals surface area contributed by atoms with Gasteiger partial charge in [-0.25, -0.2) is 4.98 Å². The Kier molecular flexibility index (Phi) is 6.80. The molecule has 1 amide bonds. The lowest BCUT2D eigenvalue weighted by atomic mass is 10.2. The lowest BCUT2D eigenvalue weighted by molar-refractivity contribution is 0.219. The fourth-order valence-electron chi connectivity index (χ4n) is 2.94. The summed E-state index contributed by atoms with van der Waals surface area (Å²) in [5, 5.41) is 1.18. The SMILES string of the molecule is COc1nc(C)c(C)cc1NSC(=O)N1CCN(c2cc(Cl)cc(Cl)c2)CC1. The van der Waals surface area contributed by atoms with E-state index in [1.54, 1.807) is 13.2 Å². The third-order valence-corrected chi connectivity index (χ3v) is 5.81. The van der Waals surface area contributed by atoms with Crippen molar-refractivity contribution in [3.8, 4) is 5.88 Å². The topological polar surface area (TPSA) is 57.7 Å². The highest BCUT2D eigenvalue weighted by Crippen LogP contribution is 2.29. The number of hydrogen-bond donors (Lipinski definition) is 1. The Labute approximate surface area is 179 Å². The van der Waals surface area contributed by atoms with E-state index in [0.29, 0.717) is 34.7 Å². The Morgan fingerprint density at radius 2 is 1.75 bits per heavy atom. The van der Waals surface area contributed by atoms with Crippen LogP contribution in [0, 0.1) is 13.8 Å². The molecule has 6 nitrogen and oxygen atoms in total. The molecule has 1 saturated heterocycles. The first-order valence-electron chi connectivity index (χ1n) is 8.82. The number of amides is 1. The van der Waals surface area contributed by atoms with Crippen molar-refractivity contribution in [2.24, 2.45) is 0 Å². The number of ether oxygens (including phenoxy) is 1. The molecule has 3 rings (SSSR count). The van der Waals surface area contributed by atoms with Gasteiger partial charge in [-0.2, -0.15) is 0 Å². The average molecular weight is 441 g/mol. The minimum absolute atomic E-state index is 0.0379. The molecule has 1 aromatic heterocycles. The normalized spacial score (nSPS) is 14.2. The molecule has 150 valence electrons. The molecule has 0 spiro atoms. The third kappa shape index (κ3) is 4.96. The summed E-state index contributed by atoms with van der Waals surface area (Å²) in [4.78, 5) is 21.0. The highest BCUT2D eigenvalue weighted by molar-refractivity contribution is 8.14. The zero-order valence-electron chi connectivity index (χ0n) is 16.0. The number of methoxy groups -OCH3 is 1. The van der Waals surface area contributed by atoms with E-state index in [-0.39, 0.29) is 5.24 Å². The highest BCUT2D eigenvalue weighted by atomic mass is 35.5. The number of nitrogens with one attached hydrogen (secondary N) is 1. The molecule has 0 unspecified atom stereocenters. The zero-order chi connectivity index (χ0) is 20.3. The Hall–Kier alpha value is -1.83. The van der Waals surface area contributed by atoms with Gasteiger partial charge in [0.05, 0.1) is 7.11 Å². The maximum absolute atomic E-state index is 12.6. The van der Waals surface area contributed by atoms with E-state index < -0.39 is 0 Å². The van der Waals surface area contributed by atoms with Crippen LogP contribution in [0.25, 0.3) is 0 Å². The molecule has 0 atom stereocenters. The van der Waals surface area contributed by atoms with Crippen LogP contribution in [0.3, 0.4) is 0 Å². The van der Waals surface area contributed by atoms with Gasteiger partial charge in [0.15, 0.2) is 0 Å². The zero-order valence-corrected chi connectivity index (χ0v) is 18.3. The Morgan fingerprint density at radius 3 is 2.36 bits per heavy atom. The van der Waals surface area contributed by atoms with Crippen molar-refractivity contribution in [2.45, 2.75) is 13.8 Å². The monoisotopic (exact) mass is 440 g/mol. The van der Waals surface area contributed by atoms with E-state index >= 15 is 0 Å². The van der Waals surface area contributed by atoms with Crippen LogP contribution in [0.5, 0.6) is 5.88 Å². The molecule has 9 heteroatoms. The molecule has 1 aromatic carbocycles. The number of rotatable bonds is 4. The van der Waals surface area contributed by atoms with E-state index in [1.807, 2.05) is 36.9 Å². The van der Waals surface area contributed by atoms with Crippen molar-refractivity contribution in [1.82, 2.24) is 9.88 Å². The number of anilines is 2. The Bertz CT molecular complexity index is 853. The highest BCUT2D eigenvalue weighted by Gasteiger charge is 2.23. The number of aryl methyl sites for hydroxylation is 2. The number of pyridine rings is 1. The first-order chi connectivity index (χ1) is 13.4. The van der Waals surface area contributed by atoms with Crippen molar-refractivity contribution in [1.29, 1.82) is 0 Å². The molecule has 28 heavy (non-hydrogen) atoms. The number of carbonyl (C=O) groups excluding carboxylic acids is 1. The molecule has 1 fully saturated rings. The van der Waals surface area contributed by atoms with E-state index in [0.717, 1.165) is 42.0 Å². The van der Waals surface area contributed by atoms with Gasteiger partial charge in [-0.15, -0.1) is 0 Å². The van der Waals surface area contributed by atoms with Crippen molar-refractivity contribution in [3.63, 3.8) is 0 Å². The molecule has 1 N–H and O–H groups in total. The standard InChI is InChI=1S/C19H22Cl2N4O2S/c1-12-8-17(18(27-3)22-13(12)2)23-28-19(26)25-6-4-24(5-7-25)16-10-14(20)9-15(21)11-16/h8-11,23H,4-7H2,1-3H3. The first-order valence-corrected chi connectivity index (χ1v) is 10.4. The molecule has 2 aromatic rings. The van der Waals surface area contributed by atoms with E-state index in [4.69, 9.17) is 27.9 Å². The molecule has 0 aliphatic carbocycles. The van der Waals surface area contributed by atoms with Crippen LogP contribution in [-0.2, 0) is 0 Å². The minimum Gasteiger partial charge on any atom is -0.479 e. The van der Waals surface area contributed by atoms with Gasteiger partial charge in [-0.1, -0.05) is 23.2 Å². The smallest absolute Gasteiger partial charge is 0.302 e. The summed E-state index contributed by atoms with van der Waals surface area (Å²) in [5.74, 6) is 0.478. The summed E-state index contributed by atoms with van der Waals surface area (Å²) in [6, 6.07) is 7.42. The van der Waals surface area contributed by atoms with Crippen LogP contribution in [0.2, 0.25) is 10.0 Å². The Balaban J connectivity index is 1.56. The number of nitrogens with zero attached hydrogens (tertiary/aromatic N) is 3. The van der Waals surface area contributed by atoms with Crippen LogP contribution < -0.4 is 14.4 Å². The van der Waals surface area contributed by atoms with Crippen LogP contribution in [-0.4, -0.2) is 48.4 Å². The van der Waals surface area contributed by atoms with Gasteiger partial charge in [-0.05, 0) is 43.7 Å². The lowest BCUT2D eigenvalue weighted by Gasteiger charge is -2.36. The van der Waals surface area contributed by atoms with Gasteiger partial charge >= 0.3 is 5.24 Å². The van der Waals surface area contributed by atoms with Gasteiger partial charge in [-0.3, -0.25) is 4.79 Å². The van der Waals surface area contributed by atoms with Gasteiger partial charge in [0, 0.05) is 59.6 Å². The molecular weight excluding hydrogens is 419 g/mol. The largest absolute Gasteiger partial charge is 0.479 e. The molecule has 2 heterocycles. The molecule has 0 saturated carbocycles. The lowest BCUT2D eigenvalue weighted by Crippen LogP contribution is -2.47. The maximum atomic E-state index is 12.6. The van der Waals surface area contributed by atoms with Gasteiger partial charge < -0.3 is 19.3 Å². The van der Waals surface area contributed by atoms with Crippen molar-refractivity contribution in [2.75, 3.05) is 42.9 Å². The van der Waals surface area contributed by atoms with Crippen molar-refractivity contribution < 1.29 is 9.53 Å². The molecule has 0 radical (unpaired) electrons. The number of hydrogen-bond acceptors (Lipinski definition) is 6. The maximum Gasteiger partial charge on any atom is 0.302 e. The fourth-order valence-corrected chi connectivity index (χ4v) is 4.11. The van der Waals surface area contributed by atoms with E-state index in [1.165, 1.54) is 0 Å². The average Bonchev–Trinajstić information content (AvgIpc) is 2.67. The second kappa shape index (κ2) is 9.11. The molecule has 1 aliphatic rings. The third-order valence-electron chi connectivity index (χ3n) is 4.62. The first kappa shape index (κ1) is 20.9. The van der Waals surface area contributed by atoms with Crippen LogP contribution >= 0.6 is 35.1 Å². The number of benzene rings is 1. The number of aromatic nitrogens is 1. The van der Waals surface area contributed by atoms with Gasteiger partial charge in [0.2, 0.25) is 5.88 Å². The second-order valence-electron chi connectivity index (χ2n) is 6.52. The van der Waals surface area contributed by atoms with Crippen LogP contribution in [0.15, 0.2) is 24.3 Å². The number of piperazine rings is 1. The second-order valence-corrected chi connectivity index (χ2v) is 8.15. The minimum atomic E-state index is -0.0379. The molecular formula is C19H22Cl2N4O2S. The summed E-state index contributed by atoms with van der Waals surface area (Å²) >= 11 is 13.2. The number of halogens is 2. The van der Waals surface area contributed by atoms with Crippen molar-refractivity contribution >= 4 is 51.8 Å². The summed E-state index contributed by atoms with van der Waals surface area (Å²) in [7, 11) is 1.57. The van der Waals surface area contributed by atoms with E-state index in [9.17, 15) is 4.79 Å². The summed E-state index contributed by atoms with van der Waals surface area (Å²) in [5.41, 5.74) is 3.60. The summed E-state index contributed by atoms with van der Waals surface area (Å²) < 4.78 is 8.38. The summed E-state index contributed by atoms with van der Waals surface area (Å²) in [6.07, 6.45) is 0. The molecule has 0 bridgehead atoms. The van der Waals surface area contributed by atoms with Gasteiger partial charge in [0.1, 0.15) is 5.69 Å². The summed E-state index contributed by atoms with van der Waals surface area (Å²) in [6.45, 7) is 6.59. The van der Waals surface area contributed by atoms with Crippen LogP contribution in [0.1, 0.15) is 11.3 Å². The van der Waals surface area contributed by atoms with Crippen LogP contribution in [0.4, 0.5) is 16.2 Å². The quantitative estimate of drug-likeness (QED) is 0.673. The van der Waals surface area contributed by atoms with E-state index in [2.05, 4.69) is 14.6 Å².